The second-order valence-corrected chi connectivity index (χ2v) is 7.62. The van der Waals surface area contributed by atoms with Gasteiger partial charge in [0.25, 0.3) is 5.91 Å². The summed E-state index contributed by atoms with van der Waals surface area (Å²) in [6, 6.07) is 5.71. The smallest absolute Gasteiger partial charge is 0.255 e. The van der Waals surface area contributed by atoms with E-state index in [2.05, 4.69) is 22.4 Å². The molecule has 138 valence electrons. The Morgan fingerprint density at radius 2 is 2.19 bits per heavy atom. The third-order valence-electron chi connectivity index (χ3n) is 5.12. The number of nitrogens with zero attached hydrogens (tertiary/aromatic N) is 3. The van der Waals surface area contributed by atoms with Crippen LogP contribution in [0.1, 0.15) is 67.0 Å². The number of amides is 1. The van der Waals surface area contributed by atoms with E-state index < -0.39 is 0 Å². The molecule has 1 amide bonds. The van der Waals surface area contributed by atoms with Crippen LogP contribution in [0.25, 0.3) is 0 Å². The molecule has 6 nitrogen and oxygen atoms in total. The number of aromatic nitrogens is 2. The predicted molar refractivity (Wildman–Crippen MR) is 99.4 cm³/mol. The Morgan fingerprint density at radius 1 is 1.35 bits per heavy atom. The Balaban J connectivity index is 1.40. The lowest BCUT2D eigenvalue weighted by atomic mass is 10.0. The Morgan fingerprint density at radius 3 is 2.92 bits per heavy atom. The van der Waals surface area contributed by atoms with Gasteiger partial charge in [-0.15, -0.1) is 0 Å². The molecule has 1 aliphatic heterocycles. The number of carbonyl (C=O) groups excluding carboxylic acids is 1. The third-order valence-corrected chi connectivity index (χ3v) is 5.44. The van der Waals surface area contributed by atoms with Crippen molar-refractivity contribution < 1.29 is 9.32 Å². The van der Waals surface area contributed by atoms with Crippen molar-refractivity contribution in [3.63, 3.8) is 0 Å². The van der Waals surface area contributed by atoms with Crippen molar-refractivity contribution in [3.05, 3.63) is 40.5 Å². The number of hydrogen-bond donors (Lipinski definition) is 1. The molecule has 2 heterocycles. The van der Waals surface area contributed by atoms with E-state index in [1.54, 1.807) is 12.1 Å². The molecule has 7 heteroatoms. The number of rotatable bonds is 5. The lowest BCUT2D eigenvalue weighted by Crippen LogP contribution is -2.42. The summed E-state index contributed by atoms with van der Waals surface area (Å²) in [6.07, 6.45) is 5.56. The molecule has 2 fully saturated rings. The third kappa shape index (κ3) is 3.70. The maximum absolute atomic E-state index is 12.8. The molecule has 1 saturated carbocycles. The summed E-state index contributed by atoms with van der Waals surface area (Å²) < 4.78 is 5.25. The summed E-state index contributed by atoms with van der Waals surface area (Å²) in [4.78, 5) is 19.1. The van der Waals surface area contributed by atoms with Gasteiger partial charge in [-0.05, 0) is 57.2 Å². The van der Waals surface area contributed by atoms with Crippen molar-refractivity contribution in [1.29, 1.82) is 0 Å². The average Bonchev–Trinajstić information content (AvgIpc) is 3.38. The summed E-state index contributed by atoms with van der Waals surface area (Å²) in [5, 5.41) is 7.68. The molecule has 1 aromatic carbocycles. The van der Waals surface area contributed by atoms with Crippen molar-refractivity contribution >= 4 is 23.2 Å². The summed E-state index contributed by atoms with van der Waals surface area (Å²) in [5.41, 5.74) is 1.39. The number of carbonyl (C=O) groups is 1. The second-order valence-electron chi connectivity index (χ2n) is 7.21. The van der Waals surface area contributed by atoms with E-state index in [4.69, 9.17) is 16.1 Å². The van der Waals surface area contributed by atoms with Gasteiger partial charge in [0.2, 0.25) is 5.89 Å². The number of hydrogen-bond acceptors (Lipinski definition) is 5. The minimum absolute atomic E-state index is 0.0148. The molecule has 0 spiro atoms. The van der Waals surface area contributed by atoms with E-state index in [-0.39, 0.29) is 11.9 Å². The van der Waals surface area contributed by atoms with Gasteiger partial charge in [-0.2, -0.15) is 4.98 Å². The zero-order valence-electron chi connectivity index (χ0n) is 14.9. The summed E-state index contributed by atoms with van der Waals surface area (Å²) >= 11 is 6.39. The average molecular weight is 375 g/mol. The summed E-state index contributed by atoms with van der Waals surface area (Å²) in [5.74, 6) is 1.83. The number of benzene rings is 1. The molecule has 0 radical (unpaired) electrons. The second kappa shape index (κ2) is 7.27. The zero-order chi connectivity index (χ0) is 18.1. The van der Waals surface area contributed by atoms with E-state index in [9.17, 15) is 4.79 Å². The molecule has 1 aromatic heterocycles. The largest absolute Gasteiger partial charge is 0.378 e. The van der Waals surface area contributed by atoms with Gasteiger partial charge in [-0.1, -0.05) is 16.8 Å². The fourth-order valence-corrected chi connectivity index (χ4v) is 3.63. The SMILES string of the molecule is CC1CCCCN1C(=O)c1ccc(NCc2noc(C3CC3)n2)cc1Cl. The van der Waals surface area contributed by atoms with E-state index >= 15 is 0 Å². The van der Waals surface area contributed by atoms with Crippen LogP contribution in [-0.4, -0.2) is 33.5 Å². The molecule has 2 aliphatic rings. The van der Waals surface area contributed by atoms with E-state index in [1.165, 1.54) is 6.42 Å². The number of nitrogens with one attached hydrogen (secondary N) is 1. The van der Waals surface area contributed by atoms with Crippen molar-refractivity contribution in [3.8, 4) is 0 Å². The lowest BCUT2D eigenvalue weighted by Gasteiger charge is -2.33. The molecule has 1 atom stereocenters. The highest BCUT2D eigenvalue weighted by Gasteiger charge is 2.29. The molecule has 26 heavy (non-hydrogen) atoms. The van der Waals surface area contributed by atoms with Crippen LogP contribution >= 0.6 is 11.6 Å². The molecule has 1 unspecified atom stereocenters. The molecule has 4 rings (SSSR count). The highest BCUT2D eigenvalue weighted by molar-refractivity contribution is 6.34. The molecule has 1 N–H and O–H groups in total. The van der Waals surface area contributed by atoms with Crippen molar-refractivity contribution in [2.24, 2.45) is 0 Å². The minimum Gasteiger partial charge on any atom is -0.378 e. The Kier molecular flexibility index (Phi) is 4.85. The topological polar surface area (TPSA) is 71.3 Å². The molecular formula is C19H23ClN4O2. The predicted octanol–water partition coefficient (Wildman–Crippen LogP) is 4.23. The number of likely N-dealkylation sites (tertiary alicyclic amines) is 1. The first-order valence-corrected chi connectivity index (χ1v) is 9.66. The maximum Gasteiger partial charge on any atom is 0.255 e. The number of halogens is 1. The fraction of sp³-hybridized carbons (Fsp3) is 0.526. The van der Waals surface area contributed by atoms with Gasteiger partial charge in [0.05, 0.1) is 17.1 Å². The molecule has 0 bridgehead atoms. The maximum atomic E-state index is 12.8. The van der Waals surface area contributed by atoms with Gasteiger partial charge in [0.1, 0.15) is 0 Å². The Bertz CT molecular complexity index is 803. The van der Waals surface area contributed by atoms with E-state index in [0.717, 1.165) is 43.8 Å². The van der Waals surface area contributed by atoms with E-state index in [0.29, 0.717) is 28.9 Å². The number of piperidine rings is 1. The molecular weight excluding hydrogens is 352 g/mol. The van der Waals surface area contributed by atoms with Crippen LogP contribution in [-0.2, 0) is 6.54 Å². The Labute approximate surface area is 157 Å². The van der Waals surface area contributed by atoms with Gasteiger partial charge in [-0.25, -0.2) is 0 Å². The fourth-order valence-electron chi connectivity index (χ4n) is 3.37. The quantitative estimate of drug-likeness (QED) is 0.848. The van der Waals surface area contributed by atoms with Crippen molar-refractivity contribution in [2.75, 3.05) is 11.9 Å². The monoisotopic (exact) mass is 374 g/mol. The zero-order valence-corrected chi connectivity index (χ0v) is 15.6. The molecule has 1 saturated heterocycles. The van der Waals surface area contributed by atoms with Crippen LogP contribution in [0.4, 0.5) is 5.69 Å². The van der Waals surface area contributed by atoms with Gasteiger partial charge >= 0.3 is 0 Å². The van der Waals surface area contributed by atoms with Gasteiger partial charge < -0.3 is 14.7 Å². The van der Waals surface area contributed by atoms with Crippen LogP contribution in [0.3, 0.4) is 0 Å². The van der Waals surface area contributed by atoms with Crippen LogP contribution in [0.15, 0.2) is 22.7 Å². The standard InChI is InChI=1S/C19H23ClN4O2/c1-12-4-2-3-9-24(12)19(25)15-8-7-14(10-16(15)20)21-11-17-22-18(26-23-17)13-5-6-13/h7-8,10,12-13,21H,2-6,9,11H2,1H3. The highest BCUT2D eigenvalue weighted by atomic mass is 35.5. The van der Waals surface area contributed by atoms with Crippen molar-refractivity contribution in [2.45, 2.75) is 57.5 Å². The first-order chi connectivity index (χ1) is 12.6. The summed E-state index contributed by atoms with van der Waals surface area (Å²) in [6.45, 7) is 3.36. The lowest BCUT2D eigenvalue weighted by molar-refractivity contribution is 0.0636. The molecule has 1 aliphatic carbocycles. The normalized spacial score (nSPS) is 20.2. The first-order valence-electron chi connectivity index (χ1n) is 9.28. The van der Waals surface area contributed by atoms with Crippen LogP contribution in [0, 0.1) is 0 Å². The minimum atomic E-state index is 0.0148. The van der Waals surface area contributed by atoms with E-state index in [1.807, 2.05) is 11.0 Å². The highest BCUT2D eigenvalue weighted by Crippen LogP contribution is 2.38. The van der Waals surface area contributed by atoms with Crippen LogP contribution in [0.5, 0.6) is 0 Å². The van der Waals surface area contributed by atoms with Crippen LogP contribution < -0.4 is 5.32 Å². The summed E-state index contributed by atoms with van der Waals surface area (Å²) in [7, 11) is 0. The van der Waals surface area contributed by atoms with Gasteiger partial charge in [0, 0.05) is 24.2 Å². The molecule has 2 aromatic rings. The van der Waals surface area contributed by atoms with Crippen LogP contribution in [0.2, 0.25) is 5.02 Å². The Hall–Kier alpha value is -2.08. The van der Waals surface area contributed by atoms with Gasteiger partial charge in [-0.3, -0.25) is 4.79 Å². The van der Waals surface area contributed by atoms with Gasteiger partial charge in [0.15, 0.2) is 5.82 Å². The van der Waals surface area contributed by atoms with Crippen molar-refractivity contribution in [1.82, 2.24) is 15.0 Å². The first kappa shape index (κ1) is 17.3. The number of anilines is 1.